The molecule has 0 saturated carbocycles. The first kappa shape index (κ1) is 13.3. The lowest BCUT2D eigenvalue weighted by molar-refractivity contribution is -0.385. The van der Waals surface area contributed by atoms with E-state index in [9.17, 15) is 25.3 Å². The number of aromatic hydroxyl groups is 1. The number of non-ortho nitro benzene ring substituents is 2. The largest absolute Gasteiger partial charge is 0.504 e. The summed E-state index contributed by atoms with van der Waals surface area (Å²) >= 11 is 0. The van der Waals surface area contributed by atoms with E-state index in [0.717, 1.165) is 18.2 Å². The molecule has 0 bridgehead atoms. The molecule has 0 aliphatic rings. The molecule has 8 heteroatoms. The van der Waals surface area contributed by atoms with Gasteiger partial charge in [-0.05, 0) is 18.2 Å². The van der Waals surface area contributed by atoms with Crippen molar-refractivity contribution < 1.29 is 19.7 Å². The van der Waals surface area contributed by atoms with E-state index < -0.39 is 9.85 Å². The molecule has 0 unspecified atom stereocenters. The standard InChI is InChI=1S/C12H8N2O6/c15-11-6-3-9(14(18)19)7-12(11)20-10-4-1-8(2-5-10)13(16)17/h1-7,15H. The number of nitro benzene ring substituents is 2. The van der Waals surface area contributed by atoms with Crippen LogP contribution in [-0.2, 0) is 0 Å². The van der Waals surface area contributed by atoms with Gasteiger partial charge in [-0.15, -0.1) is 0 Å². The number of phenols is 1. The van der Waals surface area contributed by atoms with Crippen LogP contribution in [0.15, 0.2) is 42.5 Å². The first-order valence-corrected chi connectivity index (χ1v) is 5.37. The Morgan fingerprint density at radius 3 is 2.00 bits per heavy atom. The number of nitro groups is 2. The molecule has 0 heterocycles. The number of benzene rings is 2. The second-order valence-corrected chi connectivity index (χ2v) is 3.76. The zero-order valence-corrected chi connectivity index (χ0v) is 9.92. The Morgan fingerprint density at radius 2 is 1.45 bits per heavy atom. The highest BCUT2D eigenvalue weighted by Gasteiger charge is 2.12. The van der Waals surface area contributed by atoms with E-state index in [1.54, 1.807) is 0 Å². The maximum atomic E-state index is 10.6. The molecular formula is C12H8N2O6. The van der Waals surface area contributed by atoms with Gasteiger partial charge in [-0.2, -0.15) is 0 Å². The Balaban J connectivity index is 2.27. The average Bonchev–Trinajstić information content (AvgIpc) is 2.41. The van der Waals surface area contributed by atoms with Gasteiger partial charge in [-0.1, -0.05) is 0 Å². The van der Waals surface area contributed by atoms with Crippen LogP contribution in [0.25, 0.3) is 0 Å². The smallest absolute Gasteiger partial charge is 0.273 e. The van der Waals surface area contributed by atoms with Crippen molar-refractivity contribution in [3.63, 3.8) is 0 Å². The van der Waals surface area contributed by atoms with Crippen molar-refractivity contribution in [1.82, 2.24) is 0 Å². The van der Waals surface area contributed by atoms with E-state index >= 15 is 0 Å². The molecule has 1 N–H and O–H groups in total. The fourth-order valence-corrected chi connectivity index (χ4v) is 1.46. The van der Waals surface area contributed by atoms with Gasteiger partial charge in [-0.3, -0.25) is 20.2 Å². The van der Waals surface area contributed by atoms with Gasteiger partial charge in [0.05, 0.1) is 15.9 Å². The van der Waals surface area contributed by atoms with E-state index in [4.69, 9.17) is 4.74 Å². The lowest BCUT2D eigenvalue weighted by Crippen LogP contribution is -1.91. The molecule has 2 rings (SSSR count). The molecule has 0 aliphatic carbocycles. The number of ether oxygens (including phenoxy) is 1. The molecule has 0 fully saturated rings. The molecule has 2 aromatic rings. The van der Waals surface area contributed by atoms with Gasteiger partial charge in [-0.25, -0.2) is 0 Å². The Bertz CT molecular complexity index is 668. The van der Waals surface area contributed by atoms with Gasteiger partial charge in [0.1, 0.15) is 5.75 Å². The number of nitrogens with zero attached hydrogens (tertiary/aromatic N) is 2. The third-order valence-corrected chi connectivity index (χ3v) is 2.43. The van der Waals surface area contributed by atoms with Crippen molar-refractivity contribution in [2.24, 2.45) is 0 Å². The van der Waals surface area contributed by atoms with Crippen LogP contribution in [-0.4, -0.2) is 15.0 Å². The van der Waals surface area contributed by atoms with Crippen LogP contribution in [0, 0.1) is 20.2 Å². The van der Waals surface area contributed by atoms with Gasteiger partial charge in [0, 0.05) is 18.2 Å². The predicted octanol–water partition coefficient (Wildman–Crippen LogP) is 3.00. The zero-order chi connectivity index (χ0) is 14.7. The first-order valence-electron chi connectivity index (χ1n) is 5.37. The lowest BCUT2D eigenvalue weighted by Gasteiger charge is -2.07. The SMILES string of the molecule is O=[N+]([O-])c1ccc(Oc2cc([N+](=O)[O-])ccc2O)cc1. The fourth-order valence-electron chi connectivity index (χ4n) is 1.46. The minimum Gasteiger partial charge on any atom is -0.504 e. The predicted molar refractivity (Wildman–Crippen MR) is 67.9 cm³/mol. The monoisotopic (exact) mass is 276 g/mol. The maximum absolute atomic E-state index is 10.6. The van der Waals surface area contributed by atoms with Gasteiger partial charge >= 0.3 is 0 Å². The molecule has 0 spiro atoms. The van der Waals surface area contributed by atoms with Gasteiger partial charge in [0.15, 0.2) is 11.5 Å². The summed E-state index contributed by atoms with van der Waals surface area (Å²) in [5, 5.41) is 30.7. The summed E-state index contributed by atoms with van der Waals surface area (Å²) in [6, 6.07) is 8.45. The second-order valence-electron chi connectivity index (χ2n) is 3.76. The summed E-state index contributed by atoms with van der Waals surface area (Å²) < 4.78 is 5.26. The van der Waals surface area contributed by atoms with E-state index in [1.807, 2.05) is 0 Å². The van der Waals surface area contributed by atoms with Crippen LogP contribution < -0.4 is 4.74 Å². The quantitative estimate of drug-likeness (QED) is 0.677. The summed E-state index contributed by atoms with van der Waals surface area (Å²) in [5.74, 6) is -0.159. The summed E-state index contributed by atoms with van der Waals surface area (Å²) in [6.45, 7) is 0. The fraction of sp³-hybridized carbons (Fsp3) is 0. The highest BCUT2D eigenvalue weighted by Crippen LogP contribution is 2.34. The van der Waals surface area contributed by atoms with Crippen molar-refractivity contribution in [3.8, 4) is 17.2 Å². The Labute approximate surface area is 112 Å². The molecule has 8 nitrogen and oxygen atoms in total. The second kappa shape index (κ2) is 5.22. The molecule has 0 atom stereocenters. The minimum absolute atomic E-state index is 0.104. The number of rotatable bonds is 4. The van der Waals surface area contributed by atoms with Crippen LogP contribution in [0.2, 0.25) is 0 Å². The molecule has 0 amide bonds. The highest BCUT2D eigenvalue weighted by atomic mass is 16.6. The third-order valence-electron chi connectivity index (χ3n) is 2.43. The van der Waals surface area contributed by atoms with Crippen LogP contribution in [0.4, 0.5) is 11.4 Å². The van der Waals surface area contributed by atoms with Crippen LogP contribution in [0.5, 0.6) is 17.2 Å². The minimum atomic E-state index is -0.623. The summed E-state index contributed by atoms with van der Waals surface area (Å²) in [5.41, 5.74) is -0.347. The van der Waals surface area contributed by atoms with Gasteiger partial charge in [0.25, 0.3) is 11.4 Å². The molecule has 0 radical (unpaired) electrons. The molecule has 102 valence electrons. The van der Waals surface area contributed by atoms with Crippen molar-refractivity contribution in [1.29, 1.82) is 0 Å². The van der Waals surface area contributed by atoms with Crippen LogP contribution >= 0.6 is 0 Å². The van der Waals surface area contributed by atoms with E-state index in [-0.39, 0.29) is 28.6 Å². The molecule has 0 aromatic heterocycles. The summed E-state index contributed by atoms with van der Waals surface area (Å²) in [7, 11) is 0. The number of phenolic OH excluding ortho intramolecular Hbond substituents is 1. The number of hydrogen-bond donors (Lipinski definition) is 1. The Hall–Kier alpha value is -3.16. The van der Waals surface area contributed by atoms with Crippen molar-refractivity contribution in [2.45, 2.75) is 0 Å². The Kier molecular flexibility index (Phi) is 3.47. The van der Waals surface area contributed by atoms with E-state index in [2.05, 4.69) is 0 Å². The molecule has 0 aliphatic heterocycles. The van der Waals surface area contributed by atoms with Gasteiger partial charge < -0.3 is 9.84 Å². The zero-order valence-electron chi connectivity index (χ0n) is 9.92. The molecule has 2 aromatic carbocycles. The first-order chi connectivity index (χ1) is 9.47. The highest BCUT2D eigenvalue weighted by molar-refractivity contribution is 5.50. The summed E-state index contributed by atoms with van der Waals surface area (Å²) in [4.78, 5) is 19.9. The lowest BCUT2D eigenvalue weighted by atomic mass is 10.2. The average molecular weight is 276 g/mol. The topological polar surface area (TPSA) is 116 Å². The maximum Gasteiger partial charge on any atom is 0.273 e. The summed E-state index contributed by atoms with van der Waals surface area (Å²) in [6.07, 6.45) is 0. The molecule has 0 saturated heterocycles. The van der Waals surface area contributed by atoms with Crippen LogP contribution in [0.1, 0.15) is 0 Å². The molecular weight excluding hydrogens is 268 g/mol. The number of hydrogen-bond acceptors (Lipinski definition) is 6. The van der Waals surface area contributed by atoms with Gasteiger partial charge in [0.2, 0.25) is 0 Å². The van der Waals surface area contributed by atoms with Crippen molar-refractivity contribution in [3.05, 3.63) is 62.7 Å². The normalized spacial score (nSPS) is 10.0. The van der Waals surface area contributed by atoms with Crippen molar-refractivity contribution >= 4 is 11.4 Å². The van der Waals surface area contributed by atoms with Crippen molar-refractivity contribution in [2.75, 3.05) is 0 Å². The molecule has 20 heavy (non-hydrogen) atoms. The van der Waals surface area contributed by atoms with Crippen LogP contribution in [0.3, 0.4) is 0 Å². The van der Waals surface area contributed by atoms with E-state index in [1.165, 1.54) is 24.3 Å². The van der Waals surface area contributed by atoms with E-state index in [0.29, 0.717) is 0 Å². The third kappa shape index (κ3) is 2.80. The Morgan fingerprint density at radius 1 is 0.900 bits per heavy atom.